The average molecular weight is 547 g/mol. The maximum absolute atomic E-state index is 14.6. The van der Waals surface area contributed by atoms with Gasteiger partial charge < -0.3 is 14.2 Å². The van der Waals surface area contributed by atoms with E-state index in [1.54, 1.807) is 6.33 Å². The van der Waals surface area contributed by atoms with Gasteiger partial charge in [0.2, 0.25) is 0 Å². The van der Waals surface area contributed by atoms with Crippen LogP contribution in [0.3, 0.4) is 0 Å². The summed E-state index contributed by atoms with van der Waals surface area (Å²) in [6, 6.07) is 2.69. The van der Waals surface area contributed by atoms with Crippen molar-refractivity contribution in [2.45, 2.75) is 71.1 Å². The minimum Gasteiger partial charge on any atom is -0.376 e. The third kappa shape index (κ3) is 4.71. The normalized spacial score (nSPS) is 22.9. The Hall–Kier alpha value is -3.32. The largest absolute Gasteiger partial charge is 0.416 e. The molecule has 5 heterocycles. The lowest BCUT2D eigenvalue weighted by atomic mass is 10.0. The minimum absolute atomic E-state index is 0.0242. The summed E-state index contributed by atoms with van der Waals surface area (Å²) in [5, 5.41) is 8.31. The Morgan fingerprint density at radius 1 is 1.10 bits per heavy atom. The van der Waals surface area contributed by atoms with E-state index in [2.05, 4.69) is 31.5 Å². The molecule has 0 amide bonds. The Labute approximate surface area is 222 Å². The fraction of sp³-hybridized carbons (Fsp3) is 0.538. The van der Waals surface area contributed by atoms with Crippen LogP contribution in [0.4, 0.5) is 23.4 Å². The SMILES string of the molecule is Cc1nc2c(N3C[C@@H](C)N(Cc4ccc(C(F)(F)F)cc4F)C[C@@H]3C)nc3nncn3c2n1C[C@@H]1CCCO1. The van der Waals surface area contributed by atoms with Crippen molar-refractivity contribution in [3.63, 3.8) is 0 Å². The summed E-state index contributed by atoms with van der Waals surface area (Å²) in [5.74, 6) is 1.18. The lowest BCUT2D eigenvalue weighted by Gasteiger charge is -2.44. The van der Waals surface area contributed by atoms with Gasteiger partial charge in [0.15, 0.2) is 11.5 Å². The molecule has 2 aliphatic rings. The van der Waals surface area contributed by atoms with Gasteiger partial charge in [0.1, 0.15) is 23.5 Å². The molecule has 2 aliphatic heterocycles. The number of nitrogens with zero attached hydrogens (tertiary/aromatic N) is 8. The van der Waals surface area contributed by atoms with Crippen molar-refractivity contribution in [3.05, 3.63) is 47.3 Å². The molecule has 2 fully saturated rings. The van der Waals surface area contributed by atoms with Crippen LogP contribution in [-0.2, 0) is 24.0 Å². The van der Waals surface area contributed by atoms with Crippen LogP contribution in [-0.4, -0.2) is 71.9 Å². The summed E-state index contributed by atoms with van der Waals surface area (Å²) in [7, 11) is 0. The Morgan fingerprint density at radius 3 is 2.64 bits per heavy atom. The number of imidazole rings is 1. The molecule has 208 valence electrons. The zero-order valence-electron chi connectivity index (χ0n) is 22.0. The zero-order chi connectivity index (χ0) is 27.5. The molecule has 13 heteroatoms. The van der Waals surface area contributed by atoms with E-state index in [0.29, 0.717) is 37.3 Å². The van der Waals surface area contributed by atoms with Crippen LogP contribution >= 0.6 is 0 Å². The van der Waals surface area contributed by atoms with Gasteiger partial charge in [-0.05, 0) is 45.7 Å². The highest BCUT2D eigenvalue weighted by atomic mass is 19.4. The fourth-order valence-corrected chi connectivity index (χ4v) is 5.74. The van der Waals surface area contributed by atoms with Crippen molar-refractivity contribution in [1.29, 1.82) is 0 Å². The number of benzene rings is 1. The molecule has 0 unspecified atom stereocenters. The molecule has 2 saturated heterocycles. The smallest absolute Gasteiger partial charge is 0.376 e. The third-order valence-electron chi connectivity index (χ3n) is 7.86. The number of hydrogen-bond acceptors (Lipinski definition) is 7. The number of aromatic nitrogens is 6. The summed E-state index contributed by atoms with van der Waals surface area (Å²) in [5.41, 5.74) is 0.869. The second kappa shape index (κ2) is 9.70. The van der Waals surface area contributed by atoms with E-state index >= 15 is 0 Å². The van der Waals surface area contributed by atoms with E-state index in [1.807, 2.05) is 18.2 Å². The van der Waals surface area contributed by atoms with E-state index in [0.717, 1.165) is 42.5 Å². The molecule has 3 aromatic heterocycles. The number of ether oxygens (including phenoxy) is 1. The highest BCUT2D eigenvalue weighted by molar-refractivity contribution is 5.87. The predicted octanol–water partition coefficient (Wildman–Crippen LogP) is 4.22. The third-order valence-corrected chi connectivity index (χ3v) is 7.86. The van der Waals surface area contributed by atoms with Crippen LogP contribution in [0, 0.1) is 12.7 Å². The summed E-state index contributed by atoms with van der Waals surface area (Å²) >= 11 is 0. The highest BCUT2D eigenvalue weighted by Crippen LogP contribution is 2.33. The molecule has 0 saturated carbocycles. The standard InChI is InChI=1S/C26H30F4N8O/c1-15-11-36(16(2)10-35(15)12-18-6-7-19(9-21(18)27)26(28,29)30)23-22-24(38-14-31-34-25(38)33-23)37(17(3)32-22)13-20-5-4-8-39-20/h6-7,9,14-16,20H,4-5,8,10-13H2,1-3H3/t15-,16+,20+/m1/s1. The van der Waals surface area contributed by atoms with Crippen molar-refractivity contribution in [2.24, 2.45) is 0 Å². The molecule has 39 heavy (non-hydrogen) atoms. The maximum atomic E-state index is 14.6. The van der Waals surface area contributed by atoms with Gasteiger partial charge in [-0.3, -0.25) is 4.90 Å². The van der Waals surface area contributed by atoms with E-state index in [4.69, 9.17) is 14.7 Å². The lowest BCUT2D eigenvalue weighted by Crippen LogP contribution is -2.56. The van der Waals surface area contributed by atoms with Crippen molar-refractivity contribution in [3.8, 4) is 0 Å². The van der Waals surface area contributed by atoms with Crippen LogP contribution in [0.15, 0.2) is 24.5 Å². The average Bonchev–Trinajstić information content (AvgIpc) is 3.62. The topological polar surface area (TPSA) is 76.6 Å². The number of piperazine rings is 1. The first-order valence-corrected chi connectivity index (χ1v) is 13.1. The van der Waals surface area contributed by atoms with Crippen molar-refractivity contribution < 1.29 is 22.3 Å². The molecule has 0 N–H and O–H groups in total. The number of rotatable bonds is 5. The van der Waals surface area contributed by atoms with E-state index in [9.17, 15) is 17.6 Å². The molecular formula is C26H30F4N8O. The number of aryl methyl sites for hydroxylation is 1. The number of alkyl halides is 3. The monoisotopic (exact) mass is 546 g/mol. The van der Waals surface area contributed by atoms with Gasteiger partial charge >= 0.3 is 6.18 Å². The maximum Gasteiger partial charge on any atom is 0.416 e. The van der Waals surface area contributed by atoms with Gasteiger partial charge in [0.05, 0.1) is 18.2 Å². The first kappa shape index (κ1) is 25.9. The van der Waals surface area contributed by atoms with Crippen molar-refractivity contribution >= 4 is 22.8 Å². The second-order valence-corrected chi connectivity index (χ2v) is 10.6. The molecule has 1 aromatic carbocycles. The Balaban J connectivity index is 1.30. The van der Waals surface area contributed by atoms with Gasteiger partial charge in [-0.15, -0.1) is 10.2 Å². The summed E-state index contributed by atoms with van der Waals surface area (Å²) in [6.07, 6.45) is -0.770. The molecule has 0 spiro atoms. The molecule has 9 nitrogen and oxygen atoms in total. The number of halogens is 4. The Kier molecular flexibility index (Phi) is 6.45. The van der Waals surface area contributed by atoms with Gasteiger partial charge in [-0.25, -0.2) is 13.8 Å². The quantitative estimate of drug-likeness (QED) is 0.347. The summed E-state index contributed by atoms with van der Waals surface area (Å²) in [4.78, 5) is 14.0. The Morgan fingerprint density at radius 2 is 1.92 bits per heavy atom. The fourth-order valence-electron chi connectivity index (χ4n) is 5.74. The van der Waals surface area contributed by atoms with Crippen LogP contribution < -0.4 is 4.90 Å². The first-order valence-electron chi connectivity index (χ1n) is 13.1. The van der Waals surface area contributed by atoms with E-state index in [-0.39, 0.29) is 30.3 Å². The van der Waals surface area contributed by atoms with E-state index in [1.165, 1.54) is 6.07 Å². The molecule has 3 atom stereocenters. The Bertz CT molecular complexity index is 1510. The van der Waals surface area contributed by atoms with E-state index < -0.39 is 17.6 Å². The van der Waals surface area contributed by atoms with Crippen LogP contribution in [0.1, 0.15) is 43.6 Å². The molecular weight excluding hydrogens is 516 g/mol. The predicted molar refractivity (Wildman–Crippen MR) is 136 cm³/mol. The molecule has 0 aliphatic carbocycles. The van der Waals surface area contributed by atoms with Crippen molar-refractivity contribution in [1.82, 2.24) is 34.0 Å². The van der Waals surface area contributed by atoms with Gasteiger partial charge in [-0.2, -0.15) is 18.2 Å². The van der Waals surface area contributed by atoms with Gasteiger partial charge in [0, 0.05) is 43.9 Å². The van der Waals surface area contributed by atoms with Gasteiger partial charge in [0.25, 0.3) is 5.78 Å². The summed E-state index contributed by atoms with van der Waals surface area (Å²) < 4.78 is 63.4. The molecule has 4 aromatic rings. The number of hydrogen-bond donors (Lipinski definition) is 0. The minimum atomic E-state index is -4.58. The lowest BCUT2D eigenvalue weighted by molar-refractivity contribution is -0.137. The van der Waals surface area contributed by atoms with Crippen molar-refractivity contribution in [2.75, 3.05) is 24.6 Å². The molecule has 0 bridgehead atoms. The highest BCUT2D eigenvalue weighted by Gasteiger charge is 2.34. The van der Waals surface area contributed by atoms with Crippen LogP contribution in [0.2, 0.25) is 0 Å². The second-order valence-electron chi connectivity index (χ2n) is 10.6. The first-order chi connectivity index (χ1) is 18.6. The van der Waals surface area contributed by atoms with Crippen LogP contribution in [0.5, 0.6) is 0 Å². The summed E-state index contributed by atoms with van der Waals surface area (Å²) in [6.45, 7) is 8.85. The molecule has 6 rings (SSSR count). The molecule has 0 radical (unpaired) electrons. The number of anilines is 1. The van der Waals surface area contributed by atoms with Gasteiger partial charge in [-0.1, -0.05) is 6.07 Å². The van der Waals surface area contributed by atoms with Crippen LogP contribution in [0.25, 0.3) is 16.9 Å². The zero-order valence-corrected chi connectivity index (χ0v) is 22.0. The number of fused-ring (bicyclic) bond motifs is 3.